The zero-order chi connectivity index (χ0) is 21.3. The first-order chi connectivity index (χ1) is 15.3. The first kappa shape index (κ1) is 21.5. The number of rotatable bonds is 9. The molecule has 4 atom stereocenters. The van der Waals surface area contributed by atoms with Crippen molar-refractivity contribution in [2.24, 2.45) is 0 Å². The second-order valence-electron chi connectivity index (χ2n) is 7.66. The van der Waals surface area contributed by atoms with E-state index in [1.165, 1.54) is 0 Å². The van der Waals surface area contributed by atoms with E-state index in [9.17, 15) is 5.11 Å². The fraction of sp³-hybridized carbons (Fsp3) is 0.259. The molecule has 4 nitrogen and oxygen atoms in total. The molecule has 0 amide bonds. The molecule has 0 aliphatic heterocycles. The van der Waals surface area contributed by atoms with Crippen molar-refractivity contribution in [1.82, 2.24) is 0 Å². The lowest BCUT2D eigenvalue weighted by Crippen LogP contribution is -2.50. The second kappa shape index (κ2) is 11.0. The van der Waals surface area contributed by atoms with Gasteiger partial charge < -0.3 is 19.3 Å². The van der Waals surface area contributed by atoms with Gasteiger partial charge in [-0.25, -0.2) is 0 Å². The van der Waals surface area contributed by atoms with Crippen LogP contribution in [0.4, 0.5) is 0 Å². The fourth-order valence-corrected chi connectivity index (χ4v) is 3.66. The zero-order valence-electron chi connectivity index (χ0n) is 17.4. The van der Waals surface area contributed by atoms with Gasteiger partial charge in [-0.1, -0.05) is 103 Å². The highest BCUT2D eigenvalue weighted by atomic mass is 16.6. The molecular formula is C27H28O4. The largest absolute Gasteiger partial charge is 0.386 e. The highest BCUT2D eigenvalue weighted by Gasteiger charge is 2.38. The minimum Gasteiger partial charge on any atom is -0.386 e. The first-order valence-corrected chi connectivity index (χ1v) is 10.6. The maximum atomic E-state index is 10.7. The summed E-state index contributed by atoms with van der Waals surface area (Å²) in [6, 6.07) is 30.0. The lowest BCUT2D eigenvalue weighted by atomic mass is 9.95. The van der Waals surface area contributed by atoms with E-state index in [0.29, 0.717) is 19.8 Å². The van der Waals surface area contributed by atoms with Gasteiger partial charge in [-0.15, -0.1) is 0 Å². The van der Waals surface area contributed by atoms with Crippen molar-refractivity contribution >= 4 is 0 Å². The Morgan fingerprint density at radius 3 is 1.42 bits per heavy atom. The van der Waals surface area contributed by atoms with E-state index in [4.69, 9.17) is 14.2 Å². The van der Waals surface area contributed by atoms with E-state index < -0.39 is 18.3 Å². The molecule has 1 aliphatic rings. The third kappa shape index (κ3) is 6.12. The van der Waals surface area contributed by atoms with Gasteiger partial charge in [-0.2, -0.15) is 0 Å². The molecule has 0 spiro atoms. The van der Waals surface area contributed by atoms with E-state index >= 15 is 0 Å². The molecule has 4 heteroatoms. The number of aliphatic hydroxyl groups excluding tert-OH is 1. The Kier molecular flexibility index (Phi) is 7.64. The van der Waals surface area contributed by atoms with Crippen molar-refractivity contribution in [3.8, 4) is 0 Å². The molecule has 1 aliphatic carbocycles. The maximum Gasteiger partial charge on any atom is 0.117 e. The lowest BCUT2D eigenvalue weighted by Gasteiger charge is -2.37. The molecule has 0 fully saturated rings. The van der Waals surface area contributed by atoms with E-state index in [0.717, 1.165) is 16.7 Å². The summed E-state index contributed by atoms with van der Waals surface area (Å²) in [5, 5.41) is 10.7. The Bertz CT molecular complexity index is 927. The summed E-state index contributed by atoms with van der Waals surface area (Å²) >= 11 is 0. The van der Waals surface area contributed by atoms with Crippen LogP contribution in [0.5, 0.6) is 0 Å². The standard InChI is InChI=1S/C27H28O4/c28-24-16-17-25(29-18-21-10-4-1-5-11-21)27(31-20-23-14-8-3-9-15-23)26(24)30-19-22-12-6-2-7-13-22/h1-17,24-28H,18-20H2/t24-,25+,26-,27-/m0/s1. The van der Waals surface area contributed by atoms with Gasteiger partial charge in [-0.05, 0) is 16.7 Å². The van der Waals surface area contributed by atoms with Crippen LogP contribution in [0, 0.1) is 0 Å². The van der Waals surface area contributed by atoms with Crippen LogP contribution in [0.25, 0.3) is 0 Å². The highest BCUT2D eigenvalue weighted by molar-refractivity contribution is 5.17. The number of hydrogen-bond donors (Lipinski definition) is 1. The molecule has 1 N–H and O–H groups in total. The fourth-order valence-electron chi connectivity index (χ4n) is 3.66. The third-order valence-electron chi connectivity index (χ3n) is 5.34. The molecular weight excluding hydrogens is 388 g/mol. The molecule has 3 aromatic carbocycles. The maximum absolute atomic E-state index is 10.7. The van der Waals surface area contributed by atoms with Gasteiger partial charge in [0, 0.05) is 0 Å². The highest BCUT2D eigenvalue weighted by Crippen LogP contribution is 2.25. The normalized spacial score (nSPS) is 23.0. The Hall–Kier alpha value is -2.76. The average Bonchev–Trinajstić information content (AvgIpc) is 2.83. The molecule has 0 saturated carbocycles. The number of ether oxygens (including phenoxy) is 3. The Labute approximate surface area is 183 Å². The molecule has 4 rings (SSSR count). The summed E-state index contributed by atoms with van der Waals surface area (Å²) in [5.41, 5.74) is 3.20. The van der Waals surface area contributed by atoms with Crippen molar-refractivity contribution in [2.75, 3.05) is 0 Å². The van der Waals surface area contributed by atoms with Crippen molar-refractivity contribution in [2.45, 2.75) is 44.2 Å². The van der Waals surface area contributed by atoms with Crippen LogP contribution in [0.2, 0.25) is 0 Å². The van der Waals surface area contributed by atoms with Crippen molar-refractivity contribution < 1.29 is 19.3 Å². The Balaban J connectivity index is 1.48. The smallest absolute Gasteiger partial charge is 0.117 e. The van der Waals surface area contributed by atoms with Crippen LogP contribution in [-0.4, -0.2) is 29.5 Å². The molecule has 0 radical (unpaired) electrons. The zero-order valence-corrected chi connectivity index (χ0v) is 17.4. The molecule has 0 unspecified atom stereocenters. The molecule has 0 saturated heterocycles. The van der Waals surface area contributed by atoms with Crippen molar-refractivity contribution in [3.05, 3.63) is 120 Å². The van der Waals surface area contributed by atoms with Gasteiger partial charge in [0.25, 0.3) is 0 Å². The van der Waals surface area contributed by atoms with Gasteiger partial charge in [0.15, 0.2) is 0 Å². The van der Waals surface area contributed by atoms with E-state index in [1.807, 2.05) is 97.1 Å². The molecule has 31 heavy (non-hydrogen) atoms. The molecule has 160 valence electrons. The predicted molar refractivity (Wildman–Crippen MR) is 120 cm³/mol. The Morgan fingerprint density at radius 2 is 0.935 bits per heavy atom. The molecule has 0 aromatic heterocycles. The SMILES string of the molecule is O[C@H]1C=C[C@@H](OCc2ccccc2)[C@H](OCc2ccccc2)[C@H]1OCc1ccccc1. The summed E-state index contributed by atoms with van der Waals surface area (Å²) in [4.78, 5) is 0. The summed E-state index contributed by atoms with van der Waals surface area (Å²) in [5.74, 6) is 0. The topological polar surface area (TPSA) is 47.9 Å². The molecule has 3 aromatic rings. The van der Waals surface area contributed by atoms with Crippen molar-refractivity contribution in [1.29, 1.82) is 0 Å². The number of aliphatic hydroxyl groups is 1. The van der Waals surface area contributed by atoms with Gasteiger partial charge in [-0.3, -0.25) is 0 Å². The van der Waals surface area contributed by atoms with Gasteiger partial charge in [0.05, 0.1) is 19.8 Å². The summed E-state index contributed by atoms with van der Waals surface area (Å²) in [6.45, 7) is 1.28. The number of benzene rings is 3. The molecule has 0 heterocycles. The average molecular weight is 417 g/mol. The van der Waals surface area contributed by atoms with E-state index in [-0.39, 0.29) is 6.10 Å². The Morgan fingerprint density at radius 1 is 0.516 bits per heavy atom. The van der Waals surface area contributed by atoms with Crippen LogP contribution in [0.3, 0.4) is 0 Å². The van der Waals surface area contributed by atoms with E-state index in [2.05, 4.69) is 0 Å². The third-order valence-corrected chi connectivity index (χ3v) is 5.34. The summed E-state index contributed by atoms with van der Waals surface area (Å²) in [6.07, 6.45) is 1.57. The molecule has 0 bridgehead atoms. The van der Waals surface area contributed by atoms with Crippen LogP contribution < -0.4 is 0 Å². The summed E-state index contributed by atoms with van der Waals surface area (Å²) < 4.78 is 18.6. The second-order valence-corrected chi connectivity index (χ2v) is 7.66. The number of hydrogen-bond acceptors (Lipinski definition) is 4. The lowest BCUT2D eigenvalue weighted by molar-refractivity contribution is -0.167. The minimum atomic E-state index is -0.763. The summed E-state index contributed by atoms with van der Waals surface area (Å²) in [7, 11) is 0. The van der Waals surface area contributed by atoms with Crippen molar-refractivity contribution in [3.63, 3.8) is 0 Å². The predicted octanol–water partition coefficient (Wildman–Crippen LogP) is 4.67. The van der Waals surface area contributed by atoms with Crippen LogP contribution >= 0.6 is 0 Å². The van der Waals surface area contributed by atoms with Gasteiger partial charge in [0.2, 0.25) is 0 Å². The monoisotopic (exact) mass is 416 g/mol. The van der Waals surface area contributed by atoms with E-state index in [1.54, 1.807) is 6.08 Å². The van der Waals surface area contributed by atoms with Crippen LogP contribution in [-0.2, 0) is 34.0 Å². The quantitative estimate of drug-likeness (QED) is 0.515. The first-order valence-electron chi connectivity index (χ1n) is 10.6. The van der Waals surface area contributed by atoms with Gasteiger partial charge >= 0.3 is 0 Å². The van der Waals surface area contributed by atoms with Gasteiger partial charge in [0.1, 0.15) is 24.4 Å². The minimum absolute atomic E-state index is 0.326. The van der Waals surface area contributed by atoms with Crippen LogP contribution in [0.1, 0.15) is 16.7 Å². The van der Waals surface area contributed by atoms with Crippen LogP contribution in [0.15, 0.2) is 103 Å².